The van der Waals surface area contributed by atoms with E-state index in [-0.39, 0.29) is 0 Å². The molecule has 4 heteroatoms. The monoisotopic (exact) mass is 278 g/mol. The van der Waals surface area contributed by atoms with Crippen molar-refractivity contribution in [2.24, 2.45) is 0 Å². The molecule has 0 atom stereocenters. The molecular formula is C12H11BrN2O. The van der Waals surface area contributed by atoms with Crippen molar-refractivity contribution in [1.82, 2.24) is 9.97 Å². The lowest BCUT2D eigenvalue weighted by Crippen LogP contribution is -1.88. The fraction of sp³-hybridized carbons (Fsp3) is 0.167. The van der Waals surface area contributed by atoms with Gasteiger partial charge in [0, 0.05) is 5.56 Å². The number of aldehydes is 1. The molecule has 2 rings (SSSR count). The second-order valence-corrected chi connectivity index (χ2v) is 4.21. The summed E-state index contributed by atoms with van der Waals surface area (Å²) >= 11 is 3.38. The minimum absolute atomic E-state index is 0.341. The van der Waals surface area contributed by atoms with Crippen molar-refractivity contribution in [3.05, 3.63) is 40.3 Å². The van der Waals surface area contributed by atoms with Crippen LogP contribution in [0.5, 0.6) is 0 Å². The second kappa shape index (κ2) is 4.61. The van der Waals surface area contributed by atoms with Crippen LogP contribution in [0.1, 0.15) is 23.1 Å². The van der Waals surface area contributed by atoms with Gasteiger partial charge in [0.15, 0.2) is 12.1 Å². The van der Waals surface area contributed by atoms with Gasteiger partial charge in [-0.25, -0.2) is 4.98 Å². The zero-order chi connectivity index (χ0) is 11.5. The van der Waals surface area contributed by atoms with E-state index in [1.807, 2.05) is 18.2 Å². The van der Waals surface area contributed by atoms with E-state index in [1.165, 1.54) is 5.56 Å². The quantitative estimate of drug-likeness (QED) is 0.877. The van der Waals surface area contributed by atoms with Gasteiger partial charge in [-0.2, -0.15) is 0 Å². The molecule has 0 spiro atoms. The maximum atomic E-state index is 10.6. The van der Waals surface area contributed by atoms with Crippen molar-refractivity contribution >= 4 is 22.2 Å². The molecule has 1 aromatic heterocycles. The van der Waals surface area contributed by atoms with Crippen molar-refractivity contribution in [2.45, 2.75) is 13.3 Å². The third-order valence-electron chi connectivity index (χ3n) is 2.44. The smallest absolute Gasteiger partial charge is 0.185 e. The zero-order valence-corrected chi connectivity index (χ0v) is 10.4. The molecule has 82 valence electrons. The van der Waals surface area contributed by atoms with Crippen molar-refractivity contribution in [3.63, 3.8) is 0 Å². The number of rotatable bonds is 3. The highest BCUT2D eigenvalue weighted by Gasteiger charge is 2.12. The van der Waals surface area contributed by atoms with Gasteiger partial charge < -0.3 is 4.98 Å². The molecule has 0 amide bonds. The normalized spacial score (nSPS) is 10.4. The number of benzene rings is 1. The molecule has 2 aromatic rings. The molecule has 0 unspecified atom stereocenters. The standard InChI is InChI=1S/C12H11BrN2O/c1-2-8-5-3-4-6-9(8)11-12(13)15-10(7-16)14-11/h3-7H,2H2,1H3,(H,14,15). The Morgan fingerprint density at radius 1 is 1.44 bits per heavy atom. The molecule has 16 heavy (non-hydrogen) atoms. The maximum absolute atomic E-state index is 10.6. The SMILES string of the molecule is CCc1ccccc1-c1nc(C=O)[nH]c1Br. The maximum Gasteiger partial charge on any atom is 0.185 e. The van der Waals surface area contributed by atoms with Crippen molar-refractivity contribution in [3.8, 4) is 11.3 Å². The molecule has 0 aliphatic heterocycles. The van der Waals surface area contributed by atoms with Crippen molar-refractivity contribution in [1.29, 1.82) is 0 Å². The first-order chi connectivity index (χ1) is 7.76. The summed E-state index contributed by atoms with van der Waals surface area (Å²) in [5.74, 6) is 0.341. The fourth-order valence-electron chi connectivity index (χ4n) is 1.66. The topological polar surface area (TPSA) is 45.8 Å². The lowest BCUT2D eigenvalue weighted by molar-refractivity contribution is 0.111. The molecule has 0 bridgehead atoms. The molecule has 0 aliphatic rings. The summed E-state index contributed by atoms with van der Waals surface area (Å²) in [7, 11) is 0. The van der Waals surface area contributed by atoms with Crippen molar-refractivity contribution < 1.29 is 4.79 Å². The van der Waals surface area contributed by atoms with E-state index in [4.69, 9.17) is 0 Å². The molecule has 1 aromatic carbocycles. The van der Waals surface area contributed by atoms with Crippen LogP contribution in [0.2, 0.25) is 0 Å². The second-order valence-electron chi connectivity index (χ2n) is 3.41. The summed E-state index contributed by atoms with van der Waals surface area (Å²) in [4.78, 5) is 17.8. The predicted octanol–water partition coefficient (Wildman–Crippen LogP) is 3.21. The summed E-state index contributed by atoms with van der Waals surface area (Å²) < 4.78 is 0.746. The van der Waals surface area contributed by atoms with Crippen LogP contribution in [0.4, 0.5) is 0 Å². The van der Waals surface area contributed by atoms with Crippen LogP contribution in [0.25, 0.3) is 11.3 Å². The highest BCUT2D eigenvalue weighted by Crippen LogP contribution is 2.28. The summed E-state index contributed by atoms with van der Waals surface area (Å²) in [5, 5.41) is 0. The summed E-state index contributed by atoms with van der Waals surface area (Å²) in [6.45, 7) is 2.10. The number of halogens is 1. The number of hydrogen-bond donors (Lipinski definition) is 1. The Morgan fingerprint density at radius 3 is 2.81 bits per heavy atom. The number of carbonyl (C=O) groups excluding carboxylic acids is 1. The number of hydrogen-bond acceptors (Lipinski definition) is 2. The molecular weight excluding hydrogens is 268 g/mol. The minimum Gasteiger partial charge on any atom is -0.330 e. The van der Waals surface area contributed by atoms with Gasteiger partial charge in [0.05, 0.1) is 0 Å². The Bertz CT molecular complexity index is 519. The van der Waals surface area contributed by atoms with E-state index < -0.39 is 0 Å². The molecule has 1 N–H and O–H groups in total. The number of nitrogens with zero attached hydrogens (tertiary/aromatic N) is 1. The number of aromatic nitrogens is 2. The van der Waals surface area contributed by atoms with Crippen LogP contribution < -0.4 is 0 Å². The largest absolute Gasteiger partial charge is 0.330 e. The average Bonchev–Trinajstić information content (AvgIpc) is 2.70. The van der Waals surface area contributed by atoms with E-state index in [1.54, 1.807) is 0 Å². The van der Waals surface area contributed by atoms with Crippen molar-refractivity contribution in [2.75, 3.05) is 0 Å². The first-order valence-electron chi connectivity index (χ1n) is 5.05. The Labute approximate surface area is 102 Å². The van der Waals surface area contributed by atoms with Gasteiger partial charge in [0.25, 0.3) is 0 Å². The first-order valence-corrected chi connectivity index (χ1v) is 5.84. The number of aryl methyl sites for hydroxylation is 1. The molecule has 0 saturated carbocycles. The Hall–Kier alpha value is -1.42. The molecule has 0 fully saturated rings. The van der Waals surface area contributed by atoms with E-state index in [0.717, 1.165) is 22.3 Å². The van der Waals surface area contributed by atoms with E-state index in [9.17, 15) is 4.79 Å². The van der Waals surface area contributed by atoms with E-state index >= 15 is 0 Å². The predicted molar refractivity (Wildman–Crippen MR) is 66.5 cm³/mol. The summed E-state index contributed by atoms with van der Waals surface area (Å²) in [5.41, 5.74) is 3.06. The Morgan fingerprint density at radius 2 is 2.19 bits per heavy atom. The lowest BCUT2D eigenvalue weighted by atomic mass is 10.0. The Kier molecular flexibility index (Phi) is 3.19. The van der Waals surface area contributed by atoms with Crippen LogP contribution in [0.3, 0.4) is 0 Å². The van der Waals surface area contributed by atoms with Crippen LogP contribution in [-0.4, -0.2) is 16.3 Å². The molecule has 1 heterocycles. The van der Waals surface area contributed by atoms with E-state index in [0.29, 0.717) is 12.1 Å². The highest BCUT2D eigenvalue weighted by molar-refractivity contribution is 9.10. The van der Waals surface area contributed by atoms with E-state index in [2.05, 4.69) is 38.9 Å². The van der Waals surface area contributed by atoms with Gasteiger partial charge in [-0.3, -0.25) is 4.79 Å². The van der Waals surface area contributed by atoms with Gasteiger partial charge in [-0.05, 0) is 27.9 Å². The zero-order valence-electron chi connectivity index (χ0n) is 8.83. The van der Waals surface area contributed by atoms with Crippen LogP contribution in [-0.2, 0) is 6.42 Å². The minimum atomic E-state index is 0.341. The number of H-pyrrole nitrogens is 1. The number of imidazole rings is 1. The van der Waals surface area contributed by atoms with Crippen LogP contribution in [0.15, 0.2) is 28.9 Å². The van der Waals surface area contributed by atoms with Gasteiger partial charge in [-0.15, -0.1) is 0 Å². The van der Waals surface area contributed by atoms with Gasteiger partial charge >= 0.3 is 0 Å². The molecule has 3 nitrogen and oxygen atoms in total. The van der Waals surface area contributed by atoms with Crippen LogP contribution in [0, 0.1) is 0 Å². The Balaban J connectivity index is 2.57. The molecule has 0 aliphatic carbocycles. The summed E-state index contributed by atoms with van der Waals surface area (Å²) in [6, 6.07) is 8.05. The van der Waals surface area contributed by atoms with Gasteiger partial charge in [-0.1, -0.05) is 31.2 Å². The average molecular weight is 279 g/mol. The number of aromatic amines is 1. The van der Waals surface area contributed by atoms with Gasteiger partial charge in [0.1, 0.15) is 10.3 Å². The molecule has 0 saturated heterocycles. The number of carbonyl (C=O) groups is 1. The third-order valence-corrected chi connectivity index (χ3v) is 3.02. The summed E-state index contributed by atoms with van der Waals surface area (Å²) in [6.07, 6.45) is 1.65. The first kappa shape index (κ1) is 11.1. The van der Waals surface area contributed by atoms with Gasteiger partial charge in [0.2, 0.25) is 0 Å². The highest BCUT2D eigenvalue weighted by atomic mass is 79.9. The molecule has 0 radical (unpaired) electrons. The lowest BCUT2D eigenvalue weighted by Gasteiger charge is -2.04. The third kappa shape index (κ3) is 1.93. The fourth-order valence-corrected chi connectivity index (χ4v) is 2.17. The van der Waals surface area contributed by atoms with Crippen LogP contribution >= 0.6 is 15.9 Å². The number of nitrogens with one attached hydrogen (secondary N) is 1.